The van der Waals surface area contributed by atoms with Crippen LogP contribution < -0.4 is 25.4 Å². The minimum Gasteiger partial charge on any atom is -0.493 e. The van der Waals surface area contributed by atoms with Gasteiger partial charge in [0, 0.05) is 48.7 Å². The van der Waals surface area contributed by atoms with Crippen LogP contribution in [0.15, 0.2) is 77.0 Å². The number of anilines is 2. The van der Waals surface area contributed by atoms with E-state index in [0.29, 0.717) is 36.8 Å². The van der Waals surface area contributed by atoms with Gasteiger partial charge in [0.1, 0.15) is 11.2 Å². The second kappa shape index (κ2) is 12.5. The molecule has 220 valence electrons. The summed E-state index contributed by atoms with van der Waals surface area (Å²) in [4.78, 5) is 43.7. The molecular formula is C33H38N4O4S. The van der Waals surface area contributed by atoms with Crippen molar-refractivity contribution in [3.63, 3.8) is 0 Å². The first-order valence-electron chi connectivity index (χ1n) is 14.4. The van der Waals surface area contributed by atoms with E-state index in [0.717, 1.165) is 30.2 Å². The Hall–Kier alpha value is -3.95. The topological polar surface area (TPSA) is 83.9 Å². The predicted octanol–water partition coefficient (Wildman–Crippen LogP) is 5.61. The van der Waals surface area contributed by atoms with Gasteiger partial charge in [-0.05, 0) is 81.3 Å². The van der Waals surface area contributed by atoms with Crippen molar-refractivity contribution in [1.82, 2.24) is 9.88 Å². The van der Waals surface area contributed by atoms with Crippen LogP contribution in [0, 0.1) is 5.41 Å². The van der Waals surface area contributed by atoms with E-state index in [4.69, 9.17) is 4.74 Å². The molecule has 4 aromatic rings. The fourth-order valence-electron chi connectivity index (χ4n) is 5.52. The monoisotopic (exact) mass is 586 g/mol. The van der Waals surface area contributed by atoms with E-state index in [1.165, 1.54) is 4.88 Å². The zero-order valence-electron chi connectivity index (χ0n) is 24.6. The number of fused-ring (bicyclic) bond motifs is 2. The Balaban J connectivity index is 1.19. The molecule has 0 saturated carbocycles. The number of carbonyl (C=O) groups excluding carboxylic acids is 2. The van der Waals surface area contributed by atoms with Crippen LogP contribution in [0.5, 0.6) is 5.75 Å². The third kappa shape index (κ3) is 5.84. The number of aryl methyl sites for hydroxylation is 1. The Kier molecular flexibility index (Phi) is 8.80. The number of hydrogen-bond acceptors (Lipinski definition) is 6. The smallest absolute Gasteiger partial charge is 0.258 e. The number of nitrogens with zero attached hydrogens (tertiary/aromatic N) is 3. The fourth-order valence-corrected chi connectivity index (χ4v) is 6.35. The number of hydrogen-bond donors (Lipinski definition) is 1. The number of pyridine rings is 1. The largest absolute Gasteiger partial charge is 0.493 e. The molecule has 1 unspecified atom stereocenters. The minimum atomic E-state index is -1.14. The maximum absolute atomic E-state index is 13.1. The molecule has 5 rings (SSSR count). The van der Waals surface area contributed by atoms with Crippen molar-refractivity contribution < 1.29 is 14.3 Å². The second-order valence-corrected chi connectivity index (χ2v) is 12.1. The Morgan fingerprint density at radius 2 is 1.79 bits per heavy atom. The summed E-state index contributed by atoms with van der Waals surface area (Å²) >= 11 is 1.71. The summed E-state index contributed by atoms with van der Waals surface area (Å²) in [5, 5.41) is 7.42. The Bertz CT molecular complexity index is 1630. The van der Waals surface area contributed by atoms with Gasteiger partial charge in [0.25, 0.3) is 5.56 Å². The van der Waals surface area contributed by atoms with Crippen LogP contribution in [-0.4, -0.2) is 43.1 Å². The Labute approximate surface area is 250 Å². The molecule has 1 N–H and O–H groups in total. The maximum atomic E-state index is 13.1. The standard InChI is InChI=1S/C33H38N4O4S/c1-5-37-27-14-13-24(22-28(27)35(4)31(39)33(2,3)32(37)40)41-20-9-17-34-26(29-12-8-21-42-29)16-19-36-18-15-23-10-6-7-11-25(23)30(36)38/h6-8,10-15,18,21-22,26,34H,5,9,16-17,19-20H2,1-4H3. The molecule has 8 nitrogen and oxygen atoms in total. The van der Waals surface area contributed by atoms with Gasteiger partial charge in [-0.1, -0.05) is 24.3 Å². The van der Waals surface area contributed by atoms with Gasteiger partial charge in [-0.3, -0.25) is 14.4 Å². The summed E-state index contributed by atoms with van der Waals surface area (Å²) < 4.78 is 7.87. The van der Waals surface area contributed by atoms with Crippen LogP contribution in [-0.2, 0) is 16.1 Å². The third-order valence-electron chi connectivity index (χ3n) is 7.95. The summed E-state index contributed by atoms with van der Waals surface area (Å²) in [6, 6.07) is 19.5. The molecule has 1 aliphatic rings. The zero-order chi connectivity index (χ0) is 29.9. The maximum Gasteiger partial charge on any atom is 0.258 e. The molecule has 0 bridgehead atoms. The highest BCUT2D eigenvalue weighted by atomic mass is 32.1. The number of carbonyl (C=O) groups is 2. The van der Waals surface area contributed by atoms with Crippen molar-refractivity contribution in [3.8, 4) is 5.75 Å². The van der Waals surface area contributed by atoms with Crippen molar-refractivity contribution >= 4 is 45.3 Å². The number of ether oxygens (including phenoxy) is 1. The lowest BCUT2D eigenvalue weighted by atomic mass is 9.90. The molecule has 42 heavy (non-hydrogen) atoms. The van der Waals surface area contributed by atoms with Gasteiger partial charge in [0.2, 0.25) is 11.8 Å². The molecule has 2 amide bonds. The molecule has 2 aromatic heterocycles. The first-order valence-corrected chi connectivity index (χ1v) is 15.3. The van der Waals surface area contributed by atoms with E-state index < -0.39 is 5.41 Å². The van der Waals surface area contributed by atoms with Crippen LogP contribution in [0.4, 0.5) is 11.4 Å². The van der Waals surface area contributed by atoms with E-state index >= 15 is 0 Å². The quantitative estimate of drug-likeness (QED) is 0.183. The molecule has 0 spiro atoms. The van der Waals surface area contributed by atoms with Gasteiger partial charge in [-0.25, -0.2) is 0 Å². The lowest BCUT2D eigenvalue weighted by molar-refractivity contribution is -0.137. The highest BCUT2D eigenvalue weighted by Gasteiger charge is 2.45. The van der Waals surface area contributed by atoms with Gasteiger partial charge < -0.3 is 24.4 Å². The normalized spacial score (nSPS) is 15.5. The highest BCUT2D eigenvalue weighted by molar-refractivity contribution is 7.10. The Morgan fingerprint density at radius 3 is 2.55 bits per heavy atom. The number of aromatic nitrogens is 1. The number of amides is 2. The zero-order valence-corrected chi connectivity index (χ0v) is 25.4. The van der Waals surface area contributed by atoms with Crippen molar-refractivity contribution in [2.45, 2.75) is 46.2 Å². The highest BCUT2D eigenvalue weighted by Crippen LogP contribution is 2.40. The van der Waals surface area contributed by atoms with E-state index in [1.54, 1.807) is 46.6 Å². The van der Waals surface area contributed by atoms with E-state index in [2.05, 4.69) is 22.8 Å². The number of thiophene rings is 1. The molecular weight excluding hydrogens is 548 g/mol. The van der Waals surface area contributed by atoms with Gasteiger partial charge in [0.05, 0.1) is 18.0 Å². The van der Waals surface area contributed by atoms with E-state index in [9.17, 15) is 14.4 Å². The van der Waals surface area contributed by atoms with Gasteiger partial charge >= 0.3 is 0 Å². The summed E-state index contributed by atoms with van der Waals surface area (Å²) in [5.74, 6) is 0.213. The molecule has 0 fully saturated rings. The molecule has 1 aliphatic heterocycles. The third-order valence-corrected chi connectivity index (χ3v) is 8.93. The van der Waals surface area contributed by atoms with Crippen LogP contribution in [0.25, 0.3) is 10.8 Å². The van der Waals surface area contributed by atoms with Crippen LogP contribution in [0.3, 0.4) is 0 Å². The Morgan fingerprint density at radius 1 is 0.976 bits per heavy atom. The average molecular weight is 587 g/mol. The number of rotatable bonds is 11. The number of nitrogens with one attached hydrogen (secondary N) is 1. The van der Waals surface area contributed by atoms with Crippen LogP contribution >= 0.6 is 11.3 Å². The van der Waals surface area contributed by atoms with Gasteiger partial charge in [0.15, 0.2) is 0 Å². The summed E-state index contributed by atoms with van der Waals surface area (Å²) in [6.07, 6.45) is 3.44. The van der Waals surface area contributed by atoms with Crippen molar-refractivity contribution in [3.05, 3.63) is 87.5 Å². The van der Waals surface area contributed by atoms with Crippen LogP contribution in [0.2, 0.25) is 0 Å². The van der Waals surface area contributed by atoms with Crippen molar-refractivity contribution in [2.75, 3.05) is 36.5 Å². The van der Waals surface area contributed by atoms with E-state index in [-0.39, 0.29) is 23.4 Å². The molecule has 0 saturated heterocycles. The van der Waals surface area contributed by atoms with Crippen LogP contribution in [0.1, 0.15) is 44.5 Å². The summed E-state index contributed by atoms with van der Waals surface area (Å²) in [5.41, 5.74) is 0.271. The van der Waals surface area contributed by atoms with E-state index in [1.807, 2.05) is 61.7 Å². The second-order valence-electron chi connectivity index (χ2n) is 11.1. The summed E-state index contributed by atoms with van der Waals surface area (Å²) in [7, 11) is 1.71. The van der Waals surface area contributed by atoms with Gasteiger partial charge in [-0.2, -0.15) is 0 Å². The first kappa shape index (κ1) is 29.5. The van der Waals surface area contributed by atoms with Crippen molar-refractivity contribution in [1.29, 1.82) is 0 Å². The molecule has 2 aromatic carbocycles. The minimum absolute atomic E-state index is 0.0366. The average Bonchev–Trinajstić information content (AvgIpc) is 3.53. The number of benzene rings is 2. The predicted molar refractivity (Wildman–Crippen MR) is 170 cm³/mol. The van der Waals surface area contributed by atoms with Crippen molar-refractivity contribution in [2.24, 2.45) is 5.41 Å². The molecule has 1 atom stereocenters. The SMILES string of the molecule is CCN1C(=O)C(C)(C)C(=O)N(C)c2cc(OCCCNC(CCn3ccc4ccccc4c3=O)c3cccs3)ccc21. The molecule has 0 aliphatic carbocycles. The summed E-state index contributed by atoms with van der Waals surface area (Å²) in [6.45, 7) is 7.59. The lowest BCUT2D eigenvalue weighted by Crippen LogP contribution is -2.47. The molecule has 9 heteroatoms. The lowest BCUT2D eigenvalue weighted by Gasteiger charge is -2.27. The first-order chi connectivity index (χ1) is 20.2. The van der Waals surface area contributed by atoms with Gasteiger partial charge in [-0.15, -0.1) is 11.3 Å². The molecule has 3 heterocycles. The fraction of sp³-hybridized carbons (Fsp3) is 0.364. The molecule has 0 radical (unpaired) electrons.